The number of rotatable bonds is 5. The Labute approximate surface area is 127 Å². The van der Waals surface area contributed by atoms with Gasteiger partial charge in [-0.3, -0.25) is 0 Å². The van der Waals surface area contributed by atoms with Gasteiger partial charge in [-0.25, -0.2) is 13.1 Å². The minimum Gasteiger partial charge on any atom is -0.316 e. The SMILES string of the molecule is O=S(=O)(NCCC1CCNC1)c1ccc2c(c1)CCCC2. The summed E-state index contributed by atoms with van der Waals surface area (Å²) in [5, 5.41) is 3.31. The summed E-state index contributed by atoms with van der Waals surface area (Å²) in [5.41, 5.74) is 2.53. The fraction of sp³-hybridized carbons (Fsp3) is 0.625. The van der Waals surface area contributed by atoms with Crippen LogP contribution in [0.4, 0.5) is 0 Å². The van der Waals surface area contributed by atoms with Crippen molar-refractivity contribution in [1.29, 1.82) is 0 Å². The third-order valence-corrected chi connectivity index (χ3v) is 6.10. The van der Waals surface area contributed by atoms with Gasteiger partial charge in [0.2, 0.25) is 10.0 Å². The van der Waals surface area contributed by atoms with E-state index in [-0.39, 0.29) is 0 Å². The van der Waals surface area contributed by atoms with E-state index in [2.05, 4.69) is 10.0 Å². The second-order valence-corrected chi connectivity index (χ2v) is 7.95. The lowest BCUT2D eigenvalue weighted by atomic mass is 9.92. The molecule has 0 saturated carbocycles. The van der Waals surface area contributed by atoms with Crippen molar-refractivity contribution in [3.05, 3.63) is 29.3 Å². The number of sulfonamides is 1. The van der Waals surface area contributed by atoms with Gasteiger partial charge in [-0.1, -0.05) is 6.07 Å². The maximum atomic E-state index is 12.4. The molecule has 1 saturated heterocycles. The highest BCUT2D eigenvalue weighted by Gasteiger charge is 2.19. The lowest BCUT2D eigenvalue weighted by Gasteiger charge is -2.17. The van der Waals surface area contributed by atoms with Gasteiger partial charge in [0.1, 0.15) is 0 Å². The Morgan fingerprint density at radius 1 is 1.19 bits per heavy atom. The quantitative estimate of drug-likeness (QED) is 0.873. The topological polar surface area (TPSA) is 58.2 Å². The second-order valence-electron chi connectivity index (χ2n) is 6.18. The highest BCUT2D eigenvalue weighted by molar-refractivity contribution is 7.89. The van der Waals surface area contributed by atoms with Gasteiger partial charge in [0.05, 0.1) is 4.90 Å². The van der Waals surface area contributed by atoms with Crippen LogP contribution in [-0.4, -0.2) is 28.1 Å². The Balaban J connectivity index is 1.63. The number of benzene rings is 1. The minimum atomic E-state index is -3.36. The van der Waals surface area contributed by atoms with E-state index in [1.807, 2.05) is 12.1 Å². The van der Waals surface area contributed by atoms with Crippen LogP contribution < -0.4 is 10.0 Å². The van der Waals surface area contributed by atoms with Crippen molar-refractivity contribution in [2.24, 2.45) is 5.92 Å². The molecular formula is C16H24N2O2S. The zero-order valence-electron chi connectivity index (χ0n) is 12.4. The van der Waals surface area contributed by atoms with E-state index < -0.39 is 10.0 Å². The predicted molar refractivity (Wildman–Crippen MR) is 83.9 cm³/mol. The van der Waals surface area contributed by atoms with Gasteiger partial charge in [-0.2, -0.15) is 0 Å². The Morgan fingerprint density at radius 2 is 2.00 bits per heavy atom. The first kappa shape index (κ1) is 15.0. The van der Waals surface area contributed by atoms with Gasteiger partial charge in [0.15, 0.2) is 0 Å². The Morgan fingerprint density at radius 3 is 2.76 bits per heavy atom. The molecule has 1 aromatic carbocycles. The maximum Gasteiger partial charge on any atom is 0.240 e. The first-order valence-corrected chi connectivity index (χ1v) is 9.46. The van der Waals surface area contributed by atoms with Crippen LogP contribution >= 0.6 is 0 Å². The first-order chi connectivity index (χ1) is 10.1. The van der Waals surface area contributed by atoms with Gasteiger partial charge < -0.3 is 5.32 Å². The van der Waals surface area contributed by atoms with Gasteiger partial charge in [0.25, 0.3) is 0 Å². The second kappa shape index (κ2) is 6.46. The van der Waals surface area contributed by atoms with Crippen molar-refractivity contribution >= 4 is 10.0 Å². The van der Waals surface area contributed by atoms with Gasteiger partial charge >= 0.3 is 0 Å². The minimum absolute atomic E-state index is 0.424. The third kappa shape index (κ3) is 3.65. The molecule has 0 aromatic heterocycles. The average Bonchev–Trinajstić information content (AvgIpc) is 3.00. The lowest BCUT2D eigenvalue weighted by molar-refractivity contribution is 0.519. The zero-order chi connectivity index (χ0) is 14.7. The summed E-state index contributed by atoms with van der Waals surface area (Å²) in [4.78, 5) is 0.424. The number of hydrogen-bond acceptors (Lipinski definition) is 3. The number of hydrogen-bond donors (Lipinski definition) is 2. The predicted octanol–water partition coefficient (Wildman–Crippen LogP) is 1.84. The summed E-state index contributed by atoms with van der Waals surface area (Å²) in [6.07, 6.45) is 6.54. The fourth-order valence-electron chi connectivity index (χ4n) is 3.32. The van der Waals surface area contributed by atoms with Crippen molar-refractivity contribution in [2.45, 2.75) is 43.4 Å². The smallest absolute Gasteiger partial charge is 0.240 e. The standard InChI is InChI=1S/C16H24N2O2S/c19-21(20,18-10-8-13-7-9-17-12-13)16-6-5-14-3-1-2-4-15(14)11-16/h5-6,11,13,17-18H,1-4,7-10,12H2. The van der Waals surface area contributed by atoms with E-state index in [4.69, 9.17) is 0 Å². The van der Waals surface area contributed by atoms with Gasteiger partial charge in [0, 0.05) is 6.54 Å². The van der Waals surface area contributed by atoms with Crippen LogP contribution in [0.15, 0.2) is 23.1 Å². The fourth-order valence-corrected chi connectivity index (χ4v) is 4.42. The highest BCUT2D eigenvalue weighted by atomic mass is 32.2. The summed E-state index contributed by atoms with van der Waals surface area (Å²) in [5.74, 6) is 0.608. The molecule has 1 aromatic rings. The van der Waals surface area contributed by atoms with E-state index in [0.29, 0.717) is 17.4 Å². The number of aryl methyl sites for hydroxylation is 2. The molecule has 0 amide bonds. The van der Waals surface area contributed by atoms with E-state index in [0.717, 1.165) is 38.8 Å². The van der Waals surface area contributed by atoms with Crippen LogP contribution in [0.3, 0.4) is 0 Å². The molecule has 1 unspecified atom stereocenters. The normalized spacial score (nSPS) is 22.2. The Hall–Kier alpha value is -0.910. The zero-order valence-corrected chi connectivity index (χ0v) is 13.2. The molecule has 2 aliphatic rings. The lowest BCUT2D eigenvalue weighted by Crippen LogP contribution is -2.27. The van der Waals surface area contributed by atoms with Crippen LogP contribution in [-0.2, 0) is 22.9 Å². The van der Waals surface area contributed by atoms with Crippen LogP contribution in [0, 0.1) is 5.92 Å². The van der Waals surface area contributed by atoms with Crippen molar-refractivity contribution in [2.75, 3.05) is 19.6 Å². The summed E-state index contributed by atoms with van der Waals surface area (Å²) in [6.45, 7) is 2.61. The number of nitrogens with one attached hydrogen (secondary N) is 2. The molecule has 0 spiro atoms. The van der Waals surface area contributed by atoms with E-state index in [1.54, 1.807) is 6.07 Å². The largest absolute Gasteiger partial charge is 0.316 e. The third-order valence-electron chi connectivity index (χ3n) is 4.64. The summed E-state index contributed by atoms with van der Waals surface area (Å²) in [6, 6.07) is 5.61. The van der Waals surface area contributed by atoms with Crippen molar-refractivity contribution in [1.82, 2.24) is 10.0 Å². The molecule has 21 heavy (non-hydrogen) atoms. The van der Waals surface area contributed by atoms with Crippen molar-refractivity contribution in [3.8, 4) is 0 Å². The molecule has 1 fully saturated rings. The summed E-state index contributed by atoms with van der Waals surface area (Å²) in [7, 11) is -3.36. The van der Waals surface area contributed by atoms with Crippen molar-refractivity contribution in [3.63, 3.8) is 0 Å². The first-order valence-electron chi connectivity index (χ1n) is 7.97. The van der Waals surface area contributed by atoms with Crippen LogP contribution in [0.25, 0.3) is 0 Å². The molecule has 4 nitrogen and oxygen atoms in total. The molecular weight excluding hydrogens is 284 g/mol. The van der Waals surface area contributed by atoms with Crippen LogP contribution in [0.1, 0.15) is 36.8 Å². The summed E-state index contributed by atoms with van der Waals surface area (Å²) < 4.78 is 27.5. The Kier molecular flexibility index (Phi) is 4.62. The van der Waals surface area contributed by atoms with Crippen molar-refractivity contribution < 1.29 is 8.42 Å². The molecule has 3 rings (SSSR count). The van der Waals surface area contributed by atoms with Crippen LogP contribution in [0.2, 0.25) is 0 Å². The molecule has 1 heterocycles. The molecule has 116 valence electrons. The monoisotopic (exact) mass is 308 g/mol. The van der Waals surface area contributed by atoms with Gasteiger partial charge in [-0.15, -0.1) is 0 Å². The van der Waals surface area contributed by atoms with Crippen LogP contribution in [0.5, 0.6) is 0 Å². The maximum absolute atomic E-state index is 12.4. The van der Waals surface area contributed by atoms with E-state index in [1.165, 1.54) is 24.0 Å². The van der Waals surface area contributed by atoms with E-state index in [9.17, 15) is 8.42 Å². The number of fused-ring (bicyclic) bond motifs is 1. The molecule has 0 bridgehead atoms. The van der Waals surface area contributed by atoms with Gasteiger partial charge in [-0.05, 0) is 80.8 Å². The molecule has 1 aliphatic carbocycles. The molecule has 1 atom stereocenters. The molecule has 5 heteroatoms. The highest BCUT2D eigenvalue weighted by Crippen LogP contribution is 2.24. The average molecular weight is 308 g/mol. The van der Waals surface area contributed by atoms with E-state index >= 15 is 0 Å². The molecule has 1 aliphatic heterocycles. The molecule has 2 N–H and O–H groups in total. The summed E-state index contributed by atoms with van der Waals surface area (Å²) >= 11 is 0. The Bertz CT molecular complexity index is 592. The molecule has 0 radical (unpaired) electrons.